The highest BCUT2D eigenvalue weighted by atomic mass is 16.8. The largest absolute Gasteiger partial charge is 0.514 e. The van der Waals surface area contributed by atoms with Gasteiger partial charge in [-0.05, 0) is 12.2 Å². The number of allylic oxidation sites excluding steroid dienone is 1. The molecule has 0 spiro atoms. The Morgan fingerprint density at radius 2 is 1.59 bits per heavy atom. The molecule has 0 radical (unpaired) electrons. The van der Waals surface area contributed by atoms with E-state index in [1.807, 2.05) is 6.92 Å². The van der Waals surface area contributed by atoms with Crippen molar-refractivity contribution in [2.45, 2.75) is 20.3 Å². The van der Waals surface area contributed by atoms with E-state index in [-0.39, 0.29) is 12.6 Å². The molecule has 1 aliphatic rings. The third-order valence-corrected chi connectivity index (χ3v) is 3.14. The van der Waals surface area contributed by atoms with Crippen LogP contribution in [0.1, 0.15) is 20.3 Å². The van der Waals surface area contributed by atoms with Crippen LogP contribution >= 0.6 is 0 Å². The summed E-state index contributed by atoms with van der Waals surface area (Å²) in [6.45, 7) is 6.82. The van der Waals surface area contributed by atoms with Crippen LogP contribution in [0.3, 0.4) is 0 Å². The second-order valence-corrected chi connectivity index (χ2v) is 5.30. The molecule has 9 heteroatoms. The lowest BCUT2D eigenvalue weighted by Crippen LogP contribution is -2.12. The summed E-state index contributed by atoms with van der Waals surface area (Å²) in [5.74, 6) is 0.736. The average molecular weight is 388 g/mol. The Morgan fingerprint density at radius 1 is 1.00 bits per heavy atom. The van der Waals surface area contributed by atoms with Crippen molar-refractivity contribution in [2.75, 3.05) is 59.5 Å². The lowest BCUT2D eigenvalue weighted by Gasteiger charge is -2.07. The first-order chi connectivity index (χ1) is 13.1. The van der Waals surface area contributed by atoms with Crippen molar-refractivity contribution in [1.29, 1.82) is 0 Å². The van der Waals surface area contributed by atoms with Crippen LogP contribution in [0.5, 0.6) is 0 Å². The number of cyclic esters (lactones) is 2. The van der Waals surface area contributed by atoms with Crippen LogP contribution in [0.4, 0.5) is 4.79 Å². The topological polar surface area (TPSA) is 98.8 Å². The molecular weight excluding hydrogens is 360 g/mol. The van der Waals surface area contributed by atoms with Crippen molar-refractivity contribution < 1.29 is 42.7 Å². The fraction of sp³-hybridized carbons (Fsp3) is 0.667. The van der Waals surface area contributed by atoms with Crippen LogP contribution < -0.4 is 0 Å². The third kappa shape index (κ3) is 13.0. The zero-order chi connectivity index (χ0) is 19.7. The number of carbonyl (C=O) groups excluding carboxylic acids is 2. The second-order valence-electron chi connectivity index (χ2n) is 5.30. The van der Waals surface area contributed by atoms with Crippen molar-refractivity contribution in [1.82, 2.24) is 0 Å². The molecule has 0 atom stereocenters. The molecule has 0 amide bonds. The first-order valence-electron chi connectivity index (χ1n) is 8.84. The van der Waals surface area contributed by atoms with Gasteiger partial charge < -0.3 is 33.2 Å². The molecule has 0 unspecified atom stereocenters. The Balaban J connectivity index is 1.83. The molecule has 1 heterocycles. The standard InChI is InChI=1S/C18H28O9/c1-3-16(26-15(2)19)4-6-21-8-10-23-12-13-24-11-9-22-7-5-17-14-25-18(20)27-17/h4-5H,3,6-14H2,1-2H3. The summed E-state index contributed by atoms with van der Waals surface area (Å²) < 4.78 is 35.7. The predicted octanol–water partition coefficient (Wildman–Crippen LogP) is 1.96. The van der Waals surface area contributed by atoms with Gasteiger partial charge in [-0.2, -0.15) is 0 Å². The van der Waals surface area contributed by atoms with E-state index in [9.17, 15) is 9.59 Å². The Hall–Kier alpha value is -1.94. The third-order valence-electron chi connectivity index (χ3n) is 3.14. The summed E-state index contributed by atoms with van der Waals surface area (Å²) in [4.78, 5) is 21.5. The summed E-state index contributed by atoms with van der Waals surface area (Å²) in [6, 6.07) is 0. The highest BCUT2D eigenvalue weighted by Gasteiger charge is 2.17. The van der Waals surface area contributed by atoms with Gasteiger partial charge in [0.25, 0.3) is 0 Å². The Bertz CT molecular complexity index is 499. The predicted molar refractivity (Wildman–Crippen MR) is 93.9 cm³/mol. The van der Waals surface area contributed by atoms with Crippen LogP contribution in [-0.4, -0.2) is 71.6 Å². The molecule has 9 nitrogen and oxygen atoms in total. The molecule has 0 N–H and O–H groups in total. The number of hydrogen-bond acceptors (Lipinski definition) is 9. The number of hydrogen-bond donors (Lipinski definition) is 0. The molecule has 0 bridgehead atoms. The molecule has 1 fully saturated rings. The SMILES string of the molecule is CCC(=CCOCCOCCOCCOCC=C1COC(=O)O1)OC(C)=O. The maximum Gasteiger partial charge on any atom is 0.514 e. The number of esters is 1. The highest BCUT2D eigenvalue weighted by molar-refractivity contribution is 5.67. The molecule has 27 heavy (non-hydrogen) atoms. The van der Waals surface area contributed by atoms with Crippen molar-refractivity contribution in [2.24, 2.45) is 0 Å². The Kier molecular flexibility index (Phi) is 13.0. The average Bonchev–Trinajstić information content (AvgIpc) is 3.05. The minimum absolute atomic E-state index is 0.155. The van der Waals surface area contributed by atoms with Crippen molar-refractivity contribution in [3.63, 3.8) is 0 Å². The van der Waals surface area contributed by atoms with Gasteiger partial charge in [-0.1, -0.05) is 6.92 Å². The van der Waals surface area contributed by atoms with E-state index in [0.29, 0.717) is 70.8 Å². The second kappa shape index (κ2) is 15.2. The van der Waals surface area contributed by atoms with Crippen LogP contribution in [0, 0.1) is 0 Å². The van der Waals surface area contributed by atoms with Gasteiger partial charge in [0.1, 0.15) is 11.5 Å². The molecule has 1 aliphatic heterocycles. The molecular formula is C18H28O9. The lowest BCUT2D eigenvalue weighted by molar-refractivity contribution is -0.137. The van der Waals surface area contributed by atoms with Gasteiger partial charge in [-0.15, -0.1) is 0 Å². The van der Waals surface area contributed by atoms with Gasteiger partial charge >= 0.3 is 12.1 Å². The first kappa shape index (κ1) is 23.1. The van der Waals surface area contributed by atoms with Gasteiger partial charge in [-0.3, -0.25) is 4.79 Å². The van der Waals surface area contributed by atoms with E-state index in [1.165, 1.54) is 6.92 Å². The molecule has 0 saturated carbocycles. The highest BCUT2D eigenvalue weighted by Crippen LogP contribution is 2.09. The van der Waals surface area contributed by atoms with E-state index in [4.69, 9.17) is 28.4 Å². The quantitative estimate of drug-likeness (QED) is 0.237. The zero-order valence-corrected chi connectivity index (χ0v) is 15.9. The summed E-state index contributed by atoms with van der Waals surface area (Å²) in [5, 5.41) is 0. The van der Waals surface area contributed by atoms with Crippen molar-refractivity contribution in [3.8, 4) is 0 Å². The molecule has 154 valence electrons. The molecule has 0 aromatic rings. The van der Waals surface area contributed by atoms with Crippen LogP contribution in [0.25, 0.3) is 0 Å². The maximum absolute atomic E-state index is 10.8. The van der Waals surface area contributed by atoms with E-state index < -0.39 is 6.16 Å². The fourth-order valence-electron chi connectivity index (χ4n) is 1.87. The monoisotopic (exact) mass is 388 g/mol. The molecule has 0 aromatic heterocycles. The zero-order valence-electron chi connectivity index (χ0n) is 15.9. The lowest BCUT2D eigenvalue weighted by atomic mass is 10.3. The molecule has 0 aliphatic carbocycles. The minimum Gasteiger partial charge on any atom is -0.432 e. The molecule has 1 rings (SSSR count). The maximum atomic E-state index is 10.8. The van der Waals surface area contributed by atoms with Crippen molar-refractivity contribution >= 4 is 12.1 Å². The number of carbonyl (C=O) groups is 2. The normalized spacial score (nSPS) is 15.7. The molecule has 1 saturated heterocycles. The smallest absolute Gasteiger partial charge is 0.432 e. The van der Waals surface area contributed by atoms with E-state index in [0.717, 1.165) is 0 Å². The van der Waals surface area contributed by atoms with Gasteiger partial charge in [0.2, 0.25) is 0 Å². The number of ether oxygens (including phenoxy) is 7. The fourth-order valence-corrected chi connectivity index (χ4v) is 1.87. The van der Waals surface area contributed by atoms with Crippen LogP contribution in [0.15, 0.2) is 23.7 Å². The van der Waals surface area contributed by atoms with Gasteiger partial charge in [0.15, 0.2) is 6.61 Å². The summed E-state index contributed by atoms with van der Waals surface area (Å²) >= 11 is 0. The molecule has 0 aromatic carbocycles. The van der Waals surface area contributed by atoms with E-state index >= 15 is 0 Å². The Labute approximate surface area is 159 Å². The van der Waals surface area contributed by atoms with Crippen LogP contribution in [0.2, 0.25) is 0 Å². The van der Waals surface area contributed by atoms with E-state index in [1.54, 1.807) is 12.2 Å². The van der Waals surface area contributed by atoms with Crippen molar-refractivity contribution in [3.05, 3.63) is 23.7 Å². The first-order valence-corrected chi connectivity index (χ1v) is 8.84. The van der Waals surface area contributed by atoms with Crippen LogP contribution in [-0.2, 0) is 38.0 Å². The van der Waals surface area contributed by atoms with Gasteiger partial charge in [0, 0.05) is 13.3 Å². The minimum atomic E-state index is -0.681. The van der Waals surface area contributed by atoms with E-state index in [2.05, 4.69) is 4.74 Å². The van der Waals surface area contributed by atoms with Gasteiger partial charge in [-0.25, -0.2) is 4.79 Å². The summed E-state index contributed by atoms with van der Waals surface area (Å²) in [6.07, 6.45) is 3.35. The number of rotatable bonds is 15. The summed E-state index contributed by atoms with van der Waals surface area (Å²) in [5.41, 5.74) is 0. The Morgan fingerprint density at radius 3 is 2.11 bits per heavy atom. The summed E-state index contributed by atoms with van der Waals surface area (Å²) in [7, 11) is 0. The van der Waals surface area contributed by atoms with Gasteiger partial charge in [0.05, 0.1) is 52.9 Å².